The van der Waals surface area contributed by atoms with Gasteiger partial charge < -0.3 is 10.8 Å². The van der Waals surface area contributed by atoms with E-state index in [2.05, 4.69) is 0 Å². The van der Waals surface area contributed by atoms with Crippen LogP contribution < -0.4 is 5.73 Å². The van der Waals surface area contributed by atoms with Crippen molar-refractivity contribution in [1.29, 1.82) is 0 Å². The molecule has 1 aliphatic rings. The van der Waals surface area contributed by atoms with E-state index < -0.39 is 5.97 Å². The molecule has 0 aliphatic heterocycles. The van der Waals surface area contributed by atoms with Gasteiger partial charge in [-0.2, -0.15) is 0 Å². The number of nitrogens with two attached hydrogens (primary N) is 1. The van der Waals surface area contributed by atoms with Crippen LogP contribution in [0.1, 0.15) is 19.3 Å². The van der Waals surface area contributed by atoms with Crippen molar-refractivity contribution in [2.45, 2.75) is 19.3 Å². The van der Waals surface area contributed by atoms with Gasteiger partial charge in [0, 0.05) is 0 Å². The Morgan fingerprint density at radius 2 is 2.30 bits per heavy atom. The van der Waals surface area contributed by atoms with E-state index in [1.807, 2.05) is 0 Å². The lowest BCUT2D eigenvalue weighted by molar-refractivity contribution is -0.147. The fraction of sp³-hybridized carbons (Fsp3) is 0.857. The molecule has 3 N–H and O–H groups in total. The Hall–Kier alpha value is -0.570. The largest absolute Gasteiger partial charge is 0.481 e. The van der Waals surface area contributed by atoms with Crippen LogP contribution in [0.2, 0.25) is 0 Å². The Kier molecular flexibility index (Phi) is 2.27. The molecule has 2 unspecified atom stereocenters. The van der Waals surface area contributed by atoms with Gasteiger partial charge in [-0.05, 0) is 31.7 Å². The summed E-state index contributed by atoms with van der Waals surface area (Å²) in [4.78, 5) is 10.4. The molecule has 0 bridgehead atoms. The first-order valence-corrected chi connectivity index (χ1v) is 3.68. The van der Waals surface area contributed by atoms with Gasteiger partial charge in [0.1, 0.15) is 0 Å². The summed E-state index contributed by atoms with van der Waals surface area (Å²) in [5.41, 5.74) is 5.31. The second kappa shape index (κ2) is 3.01. The van der Waals surface area contributed by atoms with Crippen molar-refractivity contribution in [3.8, 4) is 0 Å². The molecule has 0 aromatic carbocycles. The fourth-order valence-corrected chi connectivity index (χ4v) is 1.45. The van der Waals surface area contributed by atoms with Crippen molar-refractivity contribution in [2.24, 2.45) is 17.6 Å². The van der Waals surface area contributed by atoms with E-state index in [4.69, 9.17) is 10.8 Å². The maximum Gasteiger partial charge on any atom is 0.306 e. The normalized spacial score (nSPS) is 31.3. The molecule has 2 atom stereocenters. The molecule has 1 rings (SSSR count). The van der Waals surface area contributed by atoms with Crippen molar-refractivity contribution in [3.05, 3.63) is 0 Å². The SMILES string of the molecule is NCCC1CCC1C(=O)O. The predicted octanol–water partition coefficient (Wildman–Crippen LogP) is 0.446. The van der Waals surface area contributed by atoms with Gasteiger partial charge in [0.15, 0.2) is 0 Å². The average molecular weight is 143 g/mol. The minimum absolute atomic E-state index is 0.0939. The monoisotopic (exact) mass is 143 g/mol. The summed E-state index contributed by atoms with van der Waals surface area (Å²) in [6, 6.07) is 0. The maximum absolute atomic E-state index is 10.4. The van der Waals surface area contributed by atoms with Crippen molar-refractivity contribution < 1.29 is 9.90 Å². The molecule has 1 aliphatic carbocycles. The van der Waals surface area contributed by atoms with Crippen molar-refractivity contribution >= 4 is 5.97 Å². The van der Waals surface area contributed by atoms with Gasteiger partial charge in [0.2, 0.25) is 0 Å². The predicted molar refractivity (Wildman–Crippen MR) is 37.5 cm³/mol. The molecule has 1 fully saturated rings. The van der Waals surface area contributed by atoms with E-state index in [1.165, 1.54) is 0 Å². The lowest BCUT2D eigenvalue weighted by atomic mass is 9.72. The van der Waals surface area contributed by atoms with Crippen LogP contribution in [-0.2, 0) is 4.79 Å². The molecule has 3 nitrogen and oxygen atoms in total. The summed E-state index contributed by atoms with van der Waals surface area (Å²) in [6.45, 7) is 0.619. The van der Waals surface area contributed by atoms with Gasteiger partial charge in [-0.3, -0.25) is 4.79 Å². The number of carboxylic acids is 1. The molecule has 0 saturated heterocycles. The molecule has 1 saturated carbocycles. The maximum atomic E-state index is 10.4. The molecule has 0 heterocycles. The van der Waals surface area contributed by atoms with Crippen LogP contribution in [0.4, 0.5) is 0 Å². The molecule has 58 valence electrons. The molecule has 0 aromatic heterocycles. The molecule has 0 aromatic rings. The van der Waals surface area contributed by atoms with E-state index in [-0.39, 0.29) is 5.92 Å². The molecule has 0 spiro atoms. The first-order valence-electron chi connectivity index (χ1n) is 3.68. The number of carboxylic acid groups (broad SMARTS) is 1. The van der Waals surface area contributed by atoms with E-state index in [0.29, 0.717) is 12.5 Å². The van der Waals surface area contributed by atoms with Crippen LogP contribution in [0, 0.1) is 11.8 Å². The van der Waals surface area contributed by atoms with Crippen LogP contribution in [0.3, 0.4) is 0 Å². The highest BCUT2D eigenvalue weighted by Crippen LogP contribution is 2.36. The highest BCUT2D eigenvalue weighted by Gasteiger charge is 2.35. The number of aliphatic carboxylic acids is 1. The zero-order valence-corrected chi connectivity index (χ0v) is 5.92. The zero-order chi connectivity index (χ0) is 7.56. The third-order valence-corrected chi connectivity index (χ3v) is 2.27. The second-order valence-corrected chi connectivity index (χ2v) is 2.86. The molecule has 0 radical (unpaired) electrons. The minimum atomic E-state index is -0.648. The zero-order valence-electron chi connectivity index (χ0n) is 5.92. The fourth-order valence-electron chi connectivity index (χ4n) is 1.45. The third-order valence-electron chi connectivity index (χ3n) is 2.27. The first-order chi connectivity index (χ1) is 4.75. The third kappa shape index (κ3) is 1.29. The highest BCUT2D eigenvalue weighted by atomic mass is 16.4. The van der Waals surface area contributed by atoms with E-state index in [9.17, 15) is 4.79 Å². The number of hydrogen-bond donors (Lipinski definition) is 2. The van der Waals surface area contributed by atoms with E-state index in [0.717, 1.165) is 19.3 Å². The standard InChI is InChI=1S/C7H13NO2/c8-4-3-5-1-2-6(5)7(9)10/h5-6H,1-4,8H2,(H,9,10). The van der Waals surface area contributed by atoms with Crippen molar-refractivity contribution in [3.63, 3.8) is 0 Å². The average Bonchev–Trinajstić information content (AvgIpc) is 1.78. The molecular weight excluding hydrogens is 130 g/mol. The van der Waals surface area contributed by atoms with Gasteiger partial charge in [-0.15, -0.1) is 0 Å². The molecule has 3 heteroatoms. The van der Waals surface area contributed by atoms with Crippen LogP contribution in [0.5, 0.6) is 0 Å². The lowest BCUT2D eigenvalue weighted by Crippen LogP contribution is -2.34. The quantitative estimate of drug-likeness (QED) is 0.602. The Morgan fingerprint density at radius 1 is 1.60 bits per heavy atom. The van der Waals surface area contributed by atoms with Crippen LogP contribution in [0.15, 0.2) is 0 Å². The second-order valence-electron chi connectivity index (χ2n) is 2.86. The number of carbonyl (C=O) groups is 1. The minimum Gasteiger partial charge on any atom is -0.481 e. The van der Waals surface area contributed by atoms with Gasteiger partial charge in [0.25, 0.3) is 0 Å². The summed E-state index contributed by atoms with van der Waals surface area (Å²) < 4.78 is 0. The summed E-state index contributed by atoms with van der Waals surface area (Å²) in [5.74, 6) is -0.379. The van der Waals surface area contributed by atoms with Gasteiger partial charge >= 0.3 is 5.97 Å². The van der Waals surface area contributed by atoms with Crippen molar-refractivity contribution in [2.75, 3.05) is 6.54 Å². The molecule has 10 heavy (non-hydrogen) atoms. The Bertz CT molecular complexity index is 136. The number of hydrogen-bond acceptors (Lipinski definition) is 2. The van der Waals surface area contributed by atoms with Crippen LogP contribution in [-0.4, -0.2) is 17.6 Å². The van der Waals surface area contributed by atoms with Crippen LogP contribution >= 0.6 is 0 Å². The van der Waals surface area contributed by atoms with E-state index in [1.54, 1.807) is 0 Å². The molecule has 0 amide bonds. The van der Waals surface area contributed by atoms with Crippen LogP contribution in [0.25, 0.3) is 0 Å². The molecular formula is C7H13NO2. The summed E-state index contributed by atoms with van der Waals surface area (Å²) in [7, 11) is 0. The Morgan fingerprint density at radius 3 is 2.60 bits per heavy atom. The first kappa shape index (κ1) is 7.54. The number of rotatable bonds is 3. The lowest BCUT2D eigenvalue weighted by Gasteiger charge is -2.32. The van der Waals surface area contributed by atoms with Gasteiger partial charge in [0.05, 0.1) is 5.92 Å². The Labute approximate surface area is 60.2 Å². The smallest absolute Gasteiger partial charge is 0.306 e. The topological polar surface area (TPSA) is 63.3 Å². The summed E-state index contributed by atoms with van der Waals surface area (Å²) in [6.07, 6.45) is 2.77. The van der Waals surface area contributed by atoms with E-state index >= 15 is 0 Å². The summed E-state index contributed by atoms with van der Waals surface area (Å²) >= 11 is 0. The van der Waals surface area contributed by atoms with Crippen molar-refractivity contribution in [1.82, 2.24) is 0 Å². The van der Waals surface area contributed by atoms with Gasteiger partial charge in [-0.25, -0.2) is 0 Å². The van der Waals surface area contributed by atoms with Gasteiger partial charge in [-0.1, -0.05) is 0 Å². The summed E-state index contributed by atoms with van der Waals surface area (Å²) in [5, 5.41) is 8.59. The Balaban J connectivity index is 2.28. The highest BCUT2D eigenvalue weighted by molar-refractivity contribution is 5.71.